The van der Waals surface area contributed by atoms with Crippen molar-refractivity contribution in [3.8, 4) is 0 Å². The smallest absolute Gasteiger partial charge is 0.290 e. The van der Waals surface area contributed by atoms with Crippen LogP contribution in [0.1, 0.15) is 11.3 Å². The average molecular weight is 217 g/mol. The molecule has 2 aromatic rings. The molecule has 0 unspecified atom stereocenters. The molecule has 0 amide bonds. The van der Waals surface area contributed by atoms with E-state index in [1.165, 1.54) is 0 Å². The van der Waals surface area contributed by atoms with Crippen molar-refractivity contribution in [2.75, 3.05) is 5.73 Å². The first kappa shape index (κ1) is 10.5. The lowest BCUT2D eigenvalue weighted by molar-refractivity contribution is 0.526. The van der Waals surface area contributed by atoms with E-state index >= 15 is 0 Å². The number of nitrogen functional groups attached to an aromatic ring is 1. The number of hydrogen-bond donors (Lipinski definition) is 1. The Morgan fingerprint density at radius 3 is 2.38 bits per heavy atom. The lowest BCUT2D eigenvalue weighted by Gasteiger charge is -2.07. The van der Waals surface area contributed by atoms with Gasteiger partial charge in [-0.05, 0) is 12.5 Å². The SMILES string of the molecule is Cc1c(N)c(=O)n(Cc2ccccc2)n1C. The maximum Gasteiger partial charge on any atom is 0.290 e. The molecule has 0 atom stereocenters. The summed E-state index contributed by atoms with van der Waals surface area (Å²) in [6.45, 7) is 2.40. The summed E-state index contributed by atoms with van der Waals surface area (Å²) in [5, 5.41) is 0. The minimum absolute atomic E-state index is 0.121. The fourth-order valence-electron chi connectivity index (χ4n) is 1.72. The molecule has 4 nitrogen and oxygen atoms in total. The van der Waals surface area contributed by atoms with Crippen LogP contribution >= 0.6 is 0 Å². The molecule has 1 aromatic carbocycles. The summed E-state index contributed by atoms with van der Waals surface area (Å²) in [5.41, 5.74) is 7.81. The number of aromatic nitrogens is 2. The quantitative estimate of drug-likeness (QED) is 0.819. The third-order valence-electron chi connectivity index (χ3n) is 2.88. The van der Waals surface area contributed by atoms with Crippen molar-refractivity contribution in [2.24, 2.45) is 7.05 Å². The van der Waals surface area contributed by atoms with E-state index in [2.05, 4.69) is 0 Å². The van der Waals surface area contributed by atoms with Crippen LogP contribution in [-0.4, -0.2) is 9.36 Å². The molecule has 0 spiro atoms. The van der Waals surface area contributed by atoms with E-state index in [0.717, 1.165) is 11.3 Å². The molecule has 1 aromatic heterocycles. The highest BCUT2D eigenvalue weighted by Crippen LogP contribution is 2.07. The molecule has 16 heavy (non-hydrogen) atoms. The Hall–Kier alpha value is -1.97. The first-order valence-corrected chi connectivity index (χ1v) is 5.17. The predicted octanol–water partition coefficient (Wildman–Crippen LogP) is 1.13. The zero-order chi connectivity index (χ0) is 11.7. The van der Waals surface area contributed by atoms with Crippen LogP contribution in [0.3, 0.4) is 0 Å². The number of anilines is 1. The topological polar surface area (TPSA) is 53.0 Å². The molecule has 2 rings (SSSR count). The Bertz CT molecular complexity index is 552. The van der Waals surface area contributed by atoms with Gasteiger partial charge in [-0.25, -0.2) is 4.68 Å². The molecule has 4 heteroatoms. The molecule has 84 valence electrons. The number of nitrogens with zero attached hydrogens (tertiary/aromatic N) is 2. The van der Waals surface area contributed by atoms with Gasteiger partial charge < -0.3 is 5.73 Å². The van der Waals surface area contributed by atoms with Gasteiger partial charge in [0, 0.05) is 7.05 Å². The van der Waals surface area contributed by atoms with Crippen molar-refractivity contribution in [1.29, 1.82) is 0 Å². The van der Waals surface area contributed by atoms with E-state index in [0.29, 0.717) is 12.2 Å². The van der Waals surface area contributed by atoms with E-state index in [4.69, 9.17) is 5.73 Å². The van der Waals surface area contributed by atoms with Gasteiger partial charge in [0.05, 0.1) is 12.2 Å². The summed E-state index contributed by atoms with van der Waals surface area (Å²) in [7, 11) is 1.84. The van der Waals surface area contributed by atoms with Gasteiger partial charge in [-0.3, -0.25) is 9.48 Å². The molecule has 0 aliphatic rings. The Kier molecular flexibility index (Phi) is 2.56. The minimum Gasteiger partial charge on any atom is -0.393 e. The van der Waals surface area contributed by atoms with Gasteiger partial charge in [-0.2, -0.15) is 0 Å². The number of benzene rings is 1. The van der Waals surface area contributed by atoms with E-state index in [1.807, 2.05) is 44.3 Å². The minimum atomic E-state index is -0.121. The third-order valence-corrected chi connectivity index (χ3v) is 2.88. The number of hydrogen-bond acceptors (Lipinski definition) is 2. The number of nitrogens with two attached hydrogens (primary N) is 1. The average Bonchev–Trinajstić information content (AvgIpc) is 2.48. The largest absolute Gasteiger partial charge is 0.393 e. The summed E-state index contributed by atoms with van der Waals surface area (Å²) < 4.78 is 3.44. The fourth-order valence-corrected chi connectivity index (χ4v) is 1.72. The second-order valence-corrected chi connectivity index (χ2v) is 3.87. The maximum absolute atomic E-state index is 11.8. The summed E-state index contributed by atoms with van der Waals surface area (Å²) in [6.07, 6.45) is 0. The highest BCUT2D eigenvalue weighted by molar-refractivity contribution is 5.40. The molecule has 0 fully saturated rings. The van der Waals surface area contributed by atoms with Crippen LogP contribution in [0, 0.1) is 6.92 Å². The van der Waals surface area contributed by atoms with Crippen LogP contribution in [0.5, 0.6) is 0 Å². The third kappa shape index (κ3) is 1.62. The van der Waals surface area contributed by atoms with E-state index < -0.39 is 0 Å². The van der Waals surface area contributed by atoms with Crippen LogP contribution in [0.25, 0.3) is 0 Å². The molecule has 2 N–H and O–H groups in total. The summed E-state index contributed by atoms with van der Waals surface area (Å²) in [5.74, 6) is 0. The van der Waals surface area contributed by atoms with Gasteiger partial charge in [-0.15, -0.1) is 0 Å². The first-order chi connectivity index (χ1) is 7.61. The predicted molar refractivity (Wildman–Crippen MR) is 64.4 cm³/mol. The zero-order valence-corrected chi connectivity index (χ0v) is 9.47. The van der Waals surface area contributed by atoms with Gasteiger partial charge >= 0.3 is 0 Å². The Balaban J connectivity index is 2.44. The van der Waals surface area contributed by atoms with Crippen molar-refractivity contribution < 1.29 is 0 Å². The zero-order valence-electron chi connectivity index (χ0n) is 9.47. The Morgan fingerprint density at radius 1 is 1.25 bits per heavy atom. The fraction of sp³-hybridized carbons (Fsp3) is 0.250. The van der Waals surface area contributed by atoms with Gasteiger partial charge in [0.25, 0.3) is 5.56 Å². The van der Waals surface area contributed by atoms with Crippen LogP contribution in [0.4, 0.5) is 5.69 Å². The van der Waals surface area contributed by atoms with Crippen molar-refractivity contribution in [3.05, 3.63) is 51.9 Å². The van der Waals surface area contributed by atoms with Gasteiger partial charge in [0.15, 0.2) is 0 Å². The summed E-state index contributed by atoms with van der Waals surface area (Å²) in [6, 6.07) is 9.85. The van der Waals surface area contributed by atoms with E-state index in [9.17, 15) is 4.79 Å². The first-order valence-electron chi connectivity index (χ1n) is 5.17. The molecular formula is C12H15N3O. The summed E-state index contributed by atoms with van der Waals surface area (Å²) >= 11 is 0. The van der Waals surface area contributed by atoms with Crippen molar-refractivity contribution in [3.63, 3.8) is 0 Å². The molecule has 1 heterocycles. The lowest BCUT2D eigenvalue weighted by Crippen LogP contribution is -2.23. The van der Waals surface area contributed by atoms with Crippen molar-refractivity contribution in [1.82, 2.24) is 9.36 Å². The monoisotopic (exact) mass is 217 g/mol. The van der Waals surface area contributed by atoms with Gasteiger partial charge in [0.1, 0.15) is 5.69 Å². The highest BCUT2D eigenvalue weighted by atomic mass is 16.1. The molecule has 0 radical (unpaired) electrons. The normalized spacial score (nSPS) is 10.6. The summed E-state index contributed by atoms with van der Waals surface area (Å²) in [4.78, 5) is 11.8. The lowest BCUT2D eigenvalue weighted by atomic mass is 10.2. The molecule has 0 saturated carbocycles. The maximum atomic E-state index is 11.8. The molecule has 0 bridgehead atoms. The van der Waals surface area contributed by atoms with Gasteiger partial charge in [-0.1, -0.05) is 30.3 Å². The van der Waals surface area contributed by atoms with Crippen LogP contribution in [0.2, 0.25) is 0 Å². The van der Waals surface area contributed by atoms with E-state index in [1.54, 1.807) is 9.36 Å². The second kappa shape index (κ2) is 3.89. The molecule has 0 saturated heterocycles. The molecule has 0 aliphatic carbocycles. The Labute approximate surface area is 93.9 Å². The second-order valence-electron chi connectivity index (χ2n) is 3.87. The van der Waals surface area contributed by atoms with Gasteiger partial charge in [0.2, 0.25) is 0 Å². The standard InChI is InChI=1S/C12H15N3O/c1-9-11(13)12(16)15(14(9)2)8-10-6-4-3-5-7-10/h3-7H,8,13H2,1-2H3. The Morgan fingerprint density at radius 2 is 1.88 bits per heavy atom. The van der Waals surface area contributed by atoms with E-state index in [-0.39, 0.29) is 5.56 Å². The van der Waals surface area contributed by atoms with Crippen LogP contribution in [-0.2, 0) is 13.6 Å². The molecular weight excluding hydrogens is 202 g/mol. The van der Waals surface area contributed by atoms with Crippen LogP contribution < -0.4 is 11.3 Å². The number of rotatable bonds is 2. The van der Waals surface area contributed by atoms with Crippen molar-refractivity contribution in [2.45, 2.75) is 13.5 Å². The van der Waals surface area contributed by atoms with Crippen LogP contribution in [0.15, 0.2) is 35.1 Å². The van der Waals surface area contributed by atoms with Crippen molar-refractivity contribution >= 4 is 5.69 Å². The molecule has 0 aliphatic heterocycles. The highest BCUT2D eigenvalue weighted by Gasteiger charge is 2.11.